The lowest BCUT2D eigenvalue weighted by molar-refractivity contribution is -0.122. The van der Waals surface area contributed by atoms with Gasteiger partial charge < -0.3 is 10.1 Å². The van der Waals surface area contributed by atoms with Gasteiger partial charge in [-0.3, -0.25) is 4.79 Å². The summed E-state index contributed by atoms with van der Waals surface area (Å²) < 4.78 is 18.7. The van der Waals surface area contributed by atoms with Crippen LogP contribution in [0.2, 0.25) is 5.02 Å². The van der Waals surface area contributed by atoms with Crippen molar-refractivity contribution in [2.75, 3.05) is 5.32 Å². The summed E-state index contributed by atoms with van der Waals surface area (Å²) >= 11 is 5.67. The molecule has 21 heavy (non-hydrogen) atoms. The number of carbonyl (C=O) groups is 1. The fourth-order valence-corrected chi connectivity index (χ4v) is 1.93. The molecule has 2 aromatic rings. The van der Waals surface area contributed by atoms with E-state index in [9.17, 15) is 9.18 Å². The van der Waals surface area contributed by atoms with E-state index in [4.69, 9.17) is 16.3 Å². The van der Waals surface area contributed by atoms with E-state index in [-0.39, 0.29) is 10.9 Å². The standard InChI is InChI=1S/C16H15ClFNO2/c1-10-5-3-4-6-15(10)21-11(2)16(20)19-12-7-8-14(18)13(17)9-12/h3-9,11H,1-2H3,(H,19,20). The second-order valence-corrected chi connectivity index (χ2v) is 5.05. The van der Waals surface area contributed by atoms with Crippen LogP contribution in [0.15, 0.2) is 42.5 Å². The second-order valence-electron chi connectivity index (χ2n) is 4.64. The summed E-state index contributed by atoms with van der Waals surface area (Å²) in [7, 11) is 0. The Morgan fingerprint density at radius 3 is 2.67 bits per heavy atom. The van der Waals surface area contributed by atoms with Gasteiger partial charge in [-0.25, -0.2) is 4.39 Å². The van der Waals surface area contributed by atoms with E-state index in [2.05, 4.69) is 5.32 Å². The van der Waals surface area contributed by atoms with E-state index < -0.39 is 11.9 Å². The minimum atomic E-state index is -0.685. The van der Waals surface area contributed by atoms with Crippen LogP contribution in [0.4, 0.5) is 10.1 Å². The van der Waals surface area contributed by atoms with Gasteiger partial charge in [0.2, 0.25) is 0 Å². The number of amides is 1. The van der Waals surface area contributed by atoms with Gasteiger partial charge in [0, 0.05) is 5.69 Å². The Kier molecular flexibility index (Phi) is 4.81. The number of para-hydroxylation sites is 1. The van der Waals surface area contributed by atoms with Crippen LogP contribution in [0.1, 0.15) is 12.5 Å². The van der Waals surface area contributed by atoms with Crippen molar-refractivity contribution in [3.8, 4) is 5.75 Å². The quantitative estimate of drug-likeness (QED) is 0.919. The zero-order valence-corrected chi connectivity index (χ0v) is 12.4. The van der Waals surface area contributed by atoms with Gasteiger partial charge in [-0.05, 0) is 43.7 Å². The molecule has 0 radical (unpaired) electrons. The summed E-state index contributed by atoms with van der Waals surface area (Å²) in [5, 5.41) is 2.59. The molecule has 0 fully saturated rings. The average Bonchev–Trinajstić information content (AvgIpc) is 2.45. The third-order valence-electron chi connectivity index (χ3n) is 2.95. The Labute approximate surface area is 127 Å². The summed E-state index contributed by atoms with van der Waals surface area (Å²) in [6.45, 7) is 3.55. The van der Waals surface area contributed by atoms with Gasteiger partial charge in [-0.1, -0.05) is 29.8 Å². The van der Waals surface area contributed by atoms with Crippen LogP contribution in [0, 0.1) is 12.7 Å². The van der Waals surface area contributed by atoms with Crippen molar-refractivity contribution < 1.29 is 13.9 Å². The van der Waals surface area contributed by atoms with Crippen molar-refractivity contribution >= 4 is 23.2 Å². The predicted octanol–water partition coefficient (Wildman–Crippen LogP) is 4.19. The fraction of sp³-hybridized carbons (Fsp3) is 0.188. The molecule has 0 aliphatic heterocycles. The molecule has 0 bridgehead atoms. The van der Waals surface area contributed by atoms with E-state index in [0.717, 1.165) is 5.56 Å². The van der Waals surface area contributed by atoms with Gasteiger partial charge in [-0.15, -0.1) is 0 Å². The maximum Gasteiger partial charge on any atom is 0.265 e. The maximum atomic E-state index is 13.1. The van der Waals surface area contributed by atoms with Gasteiger partial charge >= 0.3 is 0 Å². The molecule has 0 aliphatic carbocycles. The number of benzene rings is 2. The van der Waals surface area contributed by atoms with Crippen molar-refractivity contribution in [2.24, 2.45) is 0 Å². The highest BCUT2D eigenvalue weighted by atomic mass is 35.5. The molecule has 1 unspecified atom stereocenters. The van der Waals surface area contributed by atoms with Crippen LogP contribution in [0.5, 0.6) is 5.75 Å². The summed E-state index contributed by atoms with van der Waals surface area (Å²) in [5.41, 5.74) is 1.37. The highest BCUT2D eigenvalue weighted by Crippen LogP contribution is 2.21. The topological polar surface area (TPSA) is 38.3 Å². The number of carbonyl (C=O) groups excluding carboxylic acids is 1. The molecule has 0 aromatic heterocycles. The first kappa shape index (κ1) is 15.3. The summed E-state index contributed by atoms with van der Waals surface area (Å²) in [6.07, 6.45) is -0.685. The SMILES string of the molecule is Cc1ccccc1OC(C)C(=O)Nc1ccc(F)c(Cl)c1. The molecule has 0 aliphatic rings. The van der Waals surface area contributed by atoms with Gasteiger partial charge in [-0.2, -0.15) is 0 Å². The lowest BCUT2D eigenvalue weighted by Gasteiger charge is -2.16. The summed E-state index contributed by atoms with van der Waals surface area (Å²) in [5.74, 6) is -0.211. The zero-order chi connectivity index (χ0) is 15.4. The first-order chi connectivity index (χ1) is 9.97. The number of halogens is 2. The lowest BCUT2D eigenvalue weighted by Crippen LogP contribution is -2.30. The monoisotopic (exact) mass is 307 g/mol. The van der Waals surface area contributed by atoms with Crippen LogP contribution in [0.3, 0.4) is 0 Å². The van der Waals surface area contributed by atoms with Gasteiger partial charge in [0.1, 0.15) is 11.6 Å². The number of nitrogens with one attached hydrogen (secondary N) is 1. The molecular formula is C16H15ClFNO2. The highest BCUT2D eigenvalue weighted by molar-refractivity contribution is 6.31. The Balaban J connectivity index is 2.02. The molecule has 0 spiro atoms. The maximum absolute atomic E-state index is 13.1. The van der Waals surface area contributed by atoms with Crippen molar-refractivity contribution in [1.82, 2.24) is 0 Å². The number of hydrogen-bond acceptors (Lipinski definition) is 2. The minimum Gasteiger partial charge on any atom is -0.481 e. The second kappa shape index (κ2) is 6.59. The van der Waals surface area contributed by atoms with Crippen molar-refractivity contribution in [3.05, 3.63) is 58.9 Å². The molecule has 0 saturated carbocycles. The van der Waals surface area contributed by atoms with Crippen LogP contribution >= 0.6 is 11.6 Å². The normalized spacial score (nSPS) is 11.8. The van der Waals surface area contributed by atoms with E-state index >= 15 is 0 Å². The fourth-order valence-electron chi connectivity index (χ4n) is 1.75. The van der Waals surface area contributed by atoms with E-state index in [0.29, 0.717) is 11.4 Å². The Morgan fingerprint density at radius 2 is 2.00 bits per heavy atom. The smallest absolute Gasteiger partial charge is 0.265 e. The summed E-state index contributed by atoms with van der Waals surface area (Å²) in [4.78, 5) is 12.1. The first-order valence-electron chi connectivity index (χ1n) is 6.45. The molecule has 1 N–H and O–H groups in total. The van der Waals surface area contributed by atoms with Crippen LogP contribution < -0.4 is 10.1 Å². The molecule has 3 nitrogen and oxygen atoms in total. The van der Waals surface area contributed by atoms with Gasteiger partial charge in [0.05, 0.1) is 5.02 Å². The molecule has 110 valence electrons. The van der Waals surface area contributed by atoms with E-state index in [1.807, 2.05) is 25.1 Å². The largest absolute Gasteiger partial charge is 0.481 e. The van der Waals surface area contributed by atoms with Crippen molar-refractivity contribution in [3.63, 3.8) is 0 Å². The molecule has 1 atom stereocenters. The van der Waals surface area contributed by atoms with Crippen LogP contribution in [0.25, 0.3) is 0 Å². The number of anilines is 1. The van der Waals surface area contributed by atoms with Crippen LogP contribution in [-0.2, 0) is 4.79 Å². The first-order valence-corrected chi connectivity index (χ1v) is 6.83. The third kappa shape index (κ3) is 3.95. The Morgan fingerprint density at radius 1 is 1.29 bits per heavy atom. The van der Waals surface area contributed by atoms with E-state index in [1.165, 1.54) is 18.2 Å². The molecule has 0 heterocycles. The molecule has 2 rings (SSSR count). The molecule has 0 saturated heterocycles. The lowest BCUT2D eigenvalue weighted by atomic mass is 10.2. The number of ether oxygens (including phenoxy) is 1. The number of rotatable bonds is 4. The van der Waals surface area contributed by atoms with E-state index in [1.54, 1.807) is 13.0 Å². The number of aryl methyl sites for hydroxylation is 1. The molecule has 2 aromatic carbocycles. The Bertz CT molecular complexity index is 660. The highest BCUT2D eigenvalue weighted by Gasteiger charge is 2.16. The van der Waals surface area contributed by atoms with Crippen molar-refractivity contribution in [1.29, 1.82) is 0 Å². The molecule has 5 heteroatoms. The molecular weight excluding hydrogens is 293 g/mol. The van der Waals surface area contributed by atoms with Gasteiger partial charge in [0.25, 0.3) is 5.91 Å². The average molecular weight is 308 g/mol. The van der Waals surface area contributed by atoms with Gasteiger partial charge in [0.15, 0.2) is 6.10 Å². The zero-order valence-electron chi connectivity index (χ0n) is 11.7. The molecule has 1 amide bonds. The summed E-state index contributed by atoms with van der Waals surface area (Å²) in [6, 6.07) is 11.4. The number of hydrogen-bond donors (Lipinski definition) is 1. The minimum absolute atomic E-state index is 0.0414. The third-order valence-corrected chi connectivity index (χ3v) is 3.24. The predicted molar refractivity (Wildman–Crippen MR) is 81.3 cm³/mol. The van der Waals surface area contributed by atoms with Crippen molar-refractivity contribution in [2.45, 2.75) is 20.0 Å². The Hall–Kier alpha value is -2.07. The van der Waals surface area contributed by atoms with Crippen LogP contribution in [-0.4, -0.2) is 12.0 Å².